The van der Waals surface area contributed by atoms with E-state index in [1.165, 1.54) is 0 Å². The van der Waals surface area contributed by atoms with Crippen LogP contribution in [0.1, 0.15) is 22.6 Å². The average Bonchev–Trinajstić information content (AvgIpc) is 2.73. The first-order chi connectivity index (χ1) is 9.56. The number of halogens is 1. The number of aromatic nitrogens is 1. The second kappa shape index (κ2) is 6.57. The maximum atomic E-state index is 11.8. The lowest BCUT2D eigenvalue weighted by molar-refractivity contribution is -0.120. The Morgan fingerprint density at radius 3 is 2.60 bits per heavy atom. The number of aryl methyl sites for hydroxylation is 2. The molecule has 0 unspecified atom stereocenters. The number of benzene rings is 1. The number of carbonyl (C=O) groups excluding carboxylic acids is 1. The molecule has 0 saturated carbocycles. The van der Waals surface area contributed by atoms with Gasteiger partial charge in [-0.15, -0.1) is 0 Å². The summed E-state index contributed by atoms with van der Waals surface area (Å²) >= 11 is 5.80. The van der Waals surface area contributed by atoms with Crippen molar-refractivity contribution in [1.82, 2.24) is 10.5 Å². The molecule has 0 atom stereocenters. The number of hydrogen-bond acceptors (Lipinski definition) is 3. The average molecular weight is 293 g/mol. The molecule has 2 rings (SSSR count). The maximum Gasteiger partial charge on any atom is 0.224 e. The Balaban J connectivity index is 1.79. The fourth-order valence-electron chi connectivity index (χ4n) is 2.04. The number of hydrogen-bond donors (Lipinski definition) is 1. The molecule has 0 fully saturated rings. The summed E-state index contributed by atoms with van der Waals surface area (Å²) in [5.74, 6) is 0.813. The van der Waals surface area contributed by atoms with Crippen molar-refractivity contribution >= 4 is 17.5 Å². The first-order valence-electron chi connectivity index (χ1n) is 6.49. The summed E-state index contributed by atoms with van der Waals surface area (Å²) in [6, 6.07) is 7.29. The van der Waals surface area contributed by atoms with Gasteiger partial charge in [0.1, 0.15) is 5.76 Å². The molecule has 1 aromatic carbocycles. The molecule has 0 aliphatic heterocycles. The summed E-state index contributed by atoms with van der Waals surface area (Å²) in [4.78, 5) is 11.8. The van der Waals surface area contributed by atoms with Gasteiger partial charge in [0.25, 0.3) is 0 Å². The molecule has 0 radical (unpaired) electrons. The van der Waals surface area contributed by atoms with E-state index in [1.807, 2.05) is 26.0 Å². The van der Waals surface area contributed by atoms with Crippen LogP contribution in [-0.4, -0.2) is 17.6 Å². The largest absolute Gasteiger partial charge is 0.361 e. The molecule has 2 aromatic rings. The fraction of sp³-hybridized carbons (Fsp3) is 0.333. The maximum absolute atomic E-state index is 11.8. The summed E-state index contributed by atoms with van der Waals surface area (Å²) in [6.45, 7) is 4.36. The topological polar surface area (TPSA) is 55.1 Å². The van der Waals surface area contributed by atoms with Crippen molar-refractivity contribution in [3.8, 4) is 0 Å². The Labute approximate surface area is 123 Å². The van der Waals surface area contributed by atoms with E-state index < -0.39 is 0 Å². The minimum atomic E-state index is -0.000849. The van der Waals surface area contributed by atoms with Gasteiger partial charge in [0.15, 0.2) is 0 Å². The summed E-state index contributed by atoms with van der Waals surface area (Å²) in [5, 5.41) is 7.46. The normalized spacial score (nSPS) is 10.6. The second-order valence-corrected chi connectivity index (χ2v) is 5.14. The van der Waals surface area contributed by atoms with Crippen LogP contribution in [0.5, 0.6) is 0 Å². The molecule has 4 nitrogen and oxygen atoms in total. The third-order valence-corrected chi connectivity index (χ3v) is 3.41. The summed E-state index contributed by atoms with van der Waals surface area (Å²) in [6.07, 6.45) is 1.09. The van der Waals surface area contributed by atoms with Crippen LogP contribution in [-0.2, 0) is 17.6 Å². The quantitative estimate of drug-likeness (QED) is 0.922. The number of amides is 1. The lowest BCUT2D eigenvalue weighted by Crippen LogP contribution is -2.27. The van der Waals surface area contributed by atoms with Crippen LogP contribution in [0.15, 0.2) is 28.8 Å². The Bertz CT molecular complexity index is 571. The van der Waals surface area contributed by atoms with Crippen LogP contribution >= 0.6 is 11.6 Å². The highest BCUT2D eigenvalue weighted by atomic mass is 35.5. The minimum Gasteiger partial charge on any atom is -0.361 e. The van der Waals surface area contributed by atoms with Crippen LogP contribution in [0.4, 0.5) is 0 Å². The van der Waals surface area contributed by atoms with Gasteiger partial charge in [0.2, 0.25) is 5.91 Å². The molecule has 1 heterocycles. The van der Waals surface area contributed by atoms with Crippen molar-refractivity contribution in [2.45, 2.75) is 26.7 Å². The van der Waals surface area contributed by atoms with Crippen LogP contribution in [0, 0.1) is 13.8 Å². The van der Waals surface area contributed by atoms with Crippen molar-refractivity contribution in [3.05, 3.63) is 51.9 Å². The van der Waals surface area contributed by atoms with Crippen LogP contribution in [0.25, 0.3) is 0 Å². The van der Waals surface area contributed by atoms with Gasteiger partial charge >= 0.3 is 0 Å². The Kier molecular flexibility index (Phi) is 4.79. The predicted molar refractivity (Wildman–Crippen MR) is 77.8 cm³/mol. The highest BCUT2D eigenvalue weighted by molar-refractivity contribution is 6.30. The van der Waals surface area contributed by atoms with Crippen LogP contribution in [0.3, 0.4) is 0 Å². The van der Waals surface area contributed by atoms with Crippen molar-refractivity contribution in [3.63, 3.8) is 0 Å². The molecule has 106 valence electrons. The molecule has 0 aliphatic rings. The highest BCUT2D eigenvalue weighted by Crippen LogP contribution is 2.12. The SMILES string of the molecule is Cc1noc(C)c1CCNC(=O)Cc1ccc(Cl)cc1. The number of nitrogens with one attached hydrogen (secondary N) is 1. The molecule has 1 aromatic heterocycles. The molecule has 1 N–H and O–H groups in total. The number of nitrogens with zero attached hydrogens (tertiary/aromatic N) is 1. The van der Waals surface area contributed by atoms with E-state index in [-0.39, 0.29) is 5.91 Å². The molecule has 0 spiro atoms. The van der Waals surface area contributed by atoms with Gasteiger partial charge in [0.05, 0.1) is 12.1 Å². The van der Waals surface area contributed by atoms with Crippen molar-refractivity contribution in [2.24, 2.45) is 0 Å². The predicted octanol–water partition coefficient (Wildman–Crippen LogP) is 2.85. The third kappa shape index (κ3) is 3.84. The van der Waals surface area contributed by atoms with E-state index in [1.54, 1.807) is 12.1 Å². The Morgan fingerprint density at radius 2 is 2.00 bits per heavy atom. The zero-order valence-corrected chi connectivity index (χ0v) is 12.3. The summed E-state index contributed by atoms with van der Waals surface area (Å²) in [5.41, 5.74) is 2.90. The molecular formula is C15H17ClN2O2. The van der Waals surface area contributed by atoms with E-state index in [9.17, 15) is 4.79 Å². The first kappa shape index (κ1) is 14.6. The fourth-order valence-corrected chi connectivity index (χ4v) is 2.16. The zero-order valence-electron chi connectivity index (χ0n) is 11.6. The number of carbonyl (C=O) groups is 1. The molecular weight excluding hydrogens is 276 g/mol. The van der Waals surface area contributed by atoms with Gasteiger partial charge in [-0.3, -0.25) is 4.79 Å². The van der Waals surface area contributed by atoms with Crippen molar-refractivity contribution in [2.75, 3.05) is 6.54 Å². The molecule has 0 bridgehead atoms. The molecule has 0 saturated heterocycles. The van der Waals surface area contributed by atoms with Gasteiger partial charge in [-0.25, -0.2) is 0 Å². The third-order valence-electron chi connectivity index (χ3n) is 3.16. The zero-order chi connectivity index (χ0) is 14.5. The van der Waals surface area contributed by atoms with E-state index >= 15 is 0 Å². The lowest BCUT2D eigenvalue weighted by atomic mass is 10.1. The lowest BCUT2D eigenvalue weighted by Gasteiger charge is -2.05. The highest BCUT2D eigenvalue weighted by Gasteiger charge is 2.09. The second-order valence-electron chi connectivity index (χ2n) is 4.71. The van der Waals surface area contributed by atoms with Gasteiger partial charge in [-0.05, 0) is 38.0 Å². The molecule has 0 aliphatic carbocycles. The summed E-state index contributed by atoms with van der Waals surface area (Å²) in [7, 11) is 0. The van der Waals surface area contributed by atoms with E-state index in [0.29, 0.717) is 18.0 Å². The van der Waals surface area contributed by atoms with E-state index in [0.717, 1.165) is 29.0 Å². The van der Waals surface area contributed by atoms with E-state index in [4.69, 9.17) is 16.1 Å². The van der Waals surface area contributed by atoms with Crippen molar-refractivity contribution in [1.29, 1.82) is 0 Å². The smallest absolute Gasteiger partial charge is 0.224 e. The van der Waals surface area contributed by atoms with Gasteiger partial charge < -0.3 is 9.84 Å². The Hall–Kier alpha value is -1.81. The molecule has 5 heteroatoms. The van der Waals surface area contributed by atoms with Crippen molar-refractivity contribution < 1.29 is 9.32 Å². The van der Waals surface area contributed by atoms with Crippen LogP contribution in [0.2, 0.25) is 5.02 Å². The first-order valence-corrected chi connectivity index (χ1v) is 6.87. The molecule has 1 amide bonds. The summed E-state index contributed by atoms with van der Waals surface area (Å²) < 4.78 is 5.08. The minimum absolute atomic E-state index is 0.000849. The van der Waals surface area contributed by atoms with E-state index in [2.05, 4.69) is 10.5 Å². The van der Waals surface area contributed by atoms with Gasteiger partial charge in [-0.2, -0.15) is 0 Å². The standard InChI is InChI=1S/C15H17ClN2O2/c1-10-14(11(2)20-18-10)7-8-17-15(19)9-12-3-5-13(16)6-4-12/h3-6H,7-9H2,1-2H3,(H,17,19). The monoisotopic (exact) mass is 292 g/mol. The number of rotatable bonds is 5. The molecule has 20 heavy (non-hydrogen) atoms. The van der Waals surface area contributed by atoms with Gasteiger partial charge in [-0.1, -0.05) is 28.9 Å². The Morgan fingerprint density at radius 1 is 1.30 bits per heavy atom. The van der Waals surface area contributed by atoms with Gasteiger partial charge in [0, 0.05) is 17.1 Å². The van der Waals surface area contributed by atoms with Crippen LogP contribution < -0.4 is 5.32 Å².